The molecular formula is C12H22F2N2O4S. The Kier molecular flexibility index (Phi) is 6.95. The molecule has 21 heavy (non-hydrogen) atoms. The summed E-state index contributed by atoms with van der Waals surface area (Å²) in [4.78, 5) is 13.1. The van der Waals surface area contributed by atoms with Crippen molar-refractivity contribution in [3.05, 3.63) is 0 Å². The maximum Gasteiger partial charge on any atom is 0.255 e. The Morgan fingerprint density at radius 1 is 1.38 bits per heavy atom. The summed E-state index contributed by atoms with van der Waals surface area (Å²) in [5, 5.41) is 8.85. The van der Waals surface area contributed by atoms with Crippen LogP contribution in [0.1, 0.15) is 19.8 Å². The summed E-state index contributed by atoms with van der Waals surface area (Å²) < 4.78 is 49.6. The molecule has 1 saturated heterocycles. The summed E-state index contributed by atoms with van der Waals surface area (Å²) in [5.41, 5.74) is 0. The molecule has 124 valence electrons. The van der Waals surface area contributed by atoms with Gasteiger partial charge in [-0.15, -0.1) is 0 Å². The Morgan fingerprint density at radius 3 is 2.38 bits per heavy atom. The lowest BCUT2D eigenvalue weighted by Crippen LogP contribution is -2.46. The van der Waals surface area contributed by atoms with E-state index in [9.17, 15) is 22.0 Å². The maximum atomic E-state index is 12.4. The number of hydrogen-bond donors (Lipinski definition) is 1. The number of rotatable bonds is 7. The monoisotopic (exact) mass is 328 g/mol. The number of sulfonamides is 1. The lowest BCUT2D eigenvalue weighted by molar-refractivity contribution is -0.139. The number of aliphatic hydroxyl groups is 1. The van der Waals surface area contributed by atoms with Crippen LogP contribution in [0.3, 0.4) is 0 Å². The molecule has 0 aromatic carbocycles. The van der Waals surface area contributed by atoms with Crippen LogP contribution in [-0.2, 0) is 14.8 Å². The number of alkyl halides is 2. The van der Waals surface area contributed by atoms with Crippen LogP contribution in [0.25, 0.3) is 0 Å². The van der Waals surface area contributed by atoms with Gasteiger partial charge in [0.2, 0.25) is 15.9 Å². The van der Waals surface area contributed by atoms with Crippen LogP contribution >= 0.6 is 0 Å². The van der Waals surface area contributed by atoms with Crippen molar-refractivity contribution < 1.29 is 27.1 Å². The van der Waals surface area contributed by atoms with Gasteiger partial charge in [-0.05, 0) is 19.8 Å². The zero-order chi connectivity index (χ0) is 16.0. The molecule has 0 radical (unpaired) electrons. The standard InChI is InChI=1S/C12H22F2N2O4S/c1-2-21(19,20)16-5-3-10(4-6-16)12(18)15(7-8-17)9-11(13)14/h10-11,17H,2-9H2,1H3. The maximum absolute atomic E-state index is 12.4. The van der Waals surface area contributed by atoms with Gasteiger partial charge in [0.15, 0.2) is 0 Å². The molecule has 1 aliphatic rings. The van der Waals surface area contributed by atoms with E-state index in [0.29, 0.717) is 12.8 Å². The first kappa shape index (κ1) is 18.2. The smallest absolute Gasteiger partial charge is 0.255 e. The number of nitrogens with zero attached hydrogens (tertiary/aromatic N) is 2. The molecule has 0 saturated carbocycles. The van der Waals surface area contributed by atoms with Crippen molar-refractivity contribution in [2.24, 2.45) is 5.92 Å². The normalized spacial score (nSPS) is 18.1. The molecule has 1 fully saturated rings. The topological polar surface area (TPSA) is 77.9 Å². The van der Waals surface area contributed by atoms with Gasteiger partial charge in [0.05, 0.1) is 18.9 Å². The summed E-state index contributed by atoms with van der Waals surface area (Å²) in [5.74, 6) is -0.885. The summed E-state index contributed by atoms with van der Waals surface area (Å²) in [6.45, 7) is 0.811. The Balaban J connectivity index is 2.61. The predicted octanol–water partition coefficient (Wildman–Crippen LogP) is 0.134. The highest BCUT2D eigenvalue weighted by Crippen LogP contribution is 2.22. The third kappa shape index (κ3) is 5.15. The van der Waals surface area contributed by atoms with Crippen molar-refractivity contribution in [2.75, 3.05) is 38.5 Å². The quantitative estimate of drug-likeness (QED) is 0.721. The molecule has 6 nitrogen and oxygen atoms in total. The molecule has 0 atom stereocenters. The molecule has 9 heteroatoms. The van der Waals surface area contributed by atoms with E-state index < -0.39 is 34.8 Å². The van der Waals surface area contributed by atoms with Crippen molar-refractivity contribution in [3.8, 4) is 0 Å². The van der Waals surface area contributed by atoms with Gasteiger partial charge >= 0.3 is 0 Å². The summed E-state index contributed by atoms with van der Waals surface area (Å²) in [6.07, 6.45) is -2.01. The number of piperidine rings is 1. The van der Waals surface area contributed by atoms with Crippen molar-refractivity contribution in [1.29, 1.82) is 0 Å². The van der Waals surface area contributed by atoms with Gasteiger partial charge in [-0.2, -0.15) is 0 Å². The molecule has 0 spiro atoms. The highest BCUT2D eigenvalue weighted by molar-refractivity contribution is 7.89. The second-order valence-corrected chi connectivity index (χ2v) is 7.23. The number of hydrogen-bond acceptors (Lipinski definition) is 4. The fourth-order valence-electron chi connectivity index (χ4n) is 2.40. The van der Waals surface area contributed by atoms with E-state index in [4.69, 9.17) is 5.11 Å². The van der Waals surface area contributed by atoms with Crippen molar-refractivity contribution >= 4 is 15.9 Å². The fourth-order valence-corrected chi connectivity index (χ4v) is 3.53. The molecule has 0 bridgehead atoms. The summed E-state index contributed by atoms with van der Waals surface area (Å²) in [7, 11) is -3.27. The summed E-state index contributed by atoms with van der Waals surface area (Å²) >= 11 is 0. The zero-order valence-electron chi connectivity index (χ0n) is 12.0. The van der Waals surface area contributed by atoms with Gasteiger partial charge in [-0.25, -0.2) is 21.5 Å². The number of amides is 1. The molecule has 1 rings (SSSR count). The number of aliphatic hydroxyl groups excluding tert-OH is 1. The van der Waals surface area contributed by atoms with Crippen molar-refractivity contribution in [2.45, 2.75) is 26.2 Å². The average molecular weight is 328 g/mol. The molecule has 1 amide bonds. The molecule has 0 aliphatic carbocycles. The number of carbonyl (C=O) groups is 1. The van der Waals surface area contributed by atoms with Gasteiger partial charge in [0.25, 0.3) is 6.43 Å². The van der Waals surface area contributed by atoms with Gasteiger partial charge < -0.3 is 10.0 Å². The van der Waals surface area contributed by atoms with E-state index in [-0.39, 0.29) is 32.0 Å². The second kappa shape index (κ2) is 8.00. The van der Waals surface area contributed by atoms with Crippen LogP contribution in [0.15, 0.2) is 0 Å². The Hall–Kier alpha value is -0.800. The van der Waals surface area contributed by atoms with Crippen LogP contribution in [-0.4, -0.2) is 73.6 Å². The molecule has 1 N–H and O–H groups in total. The Bertz CT molecular complexity index is 437. The lowest BCUT2D eigenvalue weighted by atomic mass is 9.96. The van der Waals surface area contributed by atoms with Crippen LogP contribution in [0.5, 0.6) is 0 Å². The van der Waals surface area contributed by atoms with Gasteiger partial charge in [0.1, 0.15) is 0 Å². The SMILES string of the molecule is CCS(=O)(=O)N1CCC(C(=O)N(CCO)CC(F)F)CC1. The minimum atomic E-state index is -3.27. The van der Waals surface area contributed by atoms with Crippen LogP contribution in [0.4, 0.5) is 8.78 Å². The largest absolute Gasteiger partial charge is 0.395 e. The summed E-state index contributed by atoms with van der Waals surface area (Å²) in [6, 6.07) is 0. The van der Waals surface area contributed by atoms with E-state index in [1.54, 1.807) is 6.92 Å². The third-order valence-corrected chi connectivity index (χ3v) is 5.48. The molecule has 1 aliphatic heterocycles. The predicted molar refractivity (Wildman–Crippen MR) is 73.4 cm³/mol. The fraction of sp³-hybridized carbons (Fsp3) is 0.917. The molecule has 0 unspecified atom stereocenters. The first-order valence-corrected chi connectivity index (χ1v) is 8.58. The highest BCUT2D eigenvalue weighted by atomic mass is 32.2. The first-order chi connectivity index (χ1) is 9.81. The van der Waals surface area contributed by atoms with E-state index in [2.05, 4.69) is 0 Å². The van der Waals surface area contributed by atoms with Gasteiger partial charge in [-0.1, -0.05) is 0 Å². The number of halogens is 2. The molecule has 0 aromatic rings. The van der Waals surface area contributed by atoms with Crippen molar-refractivity contribution in [3.63, 3.8) is 0 Å². The minimum Gasteiger partial charge on any atom is -0.395 e. The van der Waals surface area contributed by atoms with Gasteiger partial charge in [-0.3, -0.25) is 4.79 Å². The Labute approximate surface area is 123 Å². The van der Waals surface area contributed by atoms with Crippen LogP contribution < -0.4 is 0 Å². The third-order valence-electron chi connectivity index (χ3n) is 3.60. The van der Waals surface area contributed by atoms with Gasteiger partial charge in [0, 0.05) is 25.6 Å². The minimum absolute atomic E-state index is 0.00757. The Morgan fingerprint density at radius 2 is 1.95 bits per heavy atom. The van der Waals surface area contributed by atoms with Crippen LogP contribution in [0, 0.1) is 5.92 Å². The molecule has 0 aromatic heterocycles. The lowest BCUT2D eigenvalue weighted by Gasteiger charge is -2.33. The number of carbonyl (C=O) groups excluding carboxylic acids is 1. The average Bonchev–Trinajstić information content (AvgIpc) is 2.45. The zero-order valence-corrected chi connectivity index (χ0v) is 12.9. The van der Waals surface area contributed by atoms with E-state index in [1.807, 2.05) is 0 Å². The van der Waals surface area contributed by atoms with Crippen molar-refractivity contribution in [1.82, 2.24) is 9.21 Å². The molecular weight excluding hydrogens is 306 g/mol. The van der Waals surface area contributed by atoms with E-state index >= 15 is 0 Å². The highest BCUT2D eigenvalue weighted by Gasteiger charge is 2.32. The van der Waals surface area contributed by atoms with E-state index in [1.165, 1.54) is 4.31 Å². The molecule has 1 heterocycles. The van der Waals surface area contributed by atoms with Crippen LogP contribution in [0.2, 0.25) is 0 Å². The first-order valence-electron chi connectivity index (χ1n) is 6.97. The second-order valence-electron chi connectivity index (χ2n) is 4.97. The van der Waals surface area contributed by atoms with E-state index in [0.717, 1.165) is 4.90 Å².